The van der Waals surface area contributed by atoms with Crippen molar-refractivity contribution in [2.75, 3.05) is 19.6 Å². The van der Waals surface area contributed by atoms with Gasteiger partial charge in [-0.1, -0.05) is 0 Å². The zero-order valence-electron chi connectivity index (χ0n) is 12.8. The molecule has 3 heterocycles. The monoisotopic (exact) mass is 327 g/mol. The molecule has 2 fully saturated rings. The van der Waals surface area contributed by atoms with Crippen molar-refractivity contribution in [2.24, 2.45) is 0 Å². The third kappa shape index (κ3) is 2.55. The van der Waals surface area contributed by atoms with Crippen molar-refractivity contribution in [1.82, 2.24) is 13.9 Å². The van der Waals surface area contributed by atoms with Crippen LogP contribution in [0.4, 0.5) is 0 Å². The number of carbonyl (C=O) groups is 1. The topological polar surface area (TPSA) is 82.9 Å². The normalized spacial score (nSPS) is 28.0. The highest BCUT2D eigenvalue weighted by Gasteiger charge is 2.44. The van der Waals surface area contributed by atoms with Gasteiger partial charge in [0.2, 0.25) is 5.91 Å². The molecule has 2 saturated heterocycles. The van der Waals surface area contributed by atoms with Gasteiger partial charge in [-0.2, -0.15) is 17.0 Å². The second-order valence-electron chi connectivity index (χ2n) is 5.80. The van der Waals surface area contributed by atoms with Crippen LogP contribution in [0.1, 0.15) is 37.3 Å². The number of hydrogen-bond acceptors (Lipinski definition) is 4. The molecule has 0 radical (unpaired) electrons. The zero-order chi connectivity index (χ0) is 15.9. The van der Waals surface area contributed by atoms with Crippen LogP contribution in [-0.4, -0.2) is 48.6 Å². The maximum atomic E-state index is 13.0. The molecule has 1 amide bonds. The highest BCUT2D eigenvalue weighted by Crippen LogP contribution is 2.36. The molecule has 2 aliphatic rings. The van der Waals surface area contributed by atoms with E-state index in [-0.39, 0.29) is 11.9 Å². The first-order valence-electron chi connectivity index (χ1n) is 7.54. The maximum Gasteiger partial charge on any atom is 0.283 e. The van der Waals surface area contributed by atoms with Gasteiger partial charge in [-0.05, 0) is 38.8 Å². The van der Waals surface area contributed by atoms with Crippen LogP contribution in [0.15, 0.2) is 16.5 Å². The molecular weight excluding hydrogens is 306 g/mol. The molecule has 1 aromatic rings. The van der Waals surface area contributed by atoms with Gasteiger partial charge in [0.15, 0.2) is 0 Å². The van der Waals surface area contributed by atoms with Crippen molar-refractivity contribution < 1.29 is 17.6 Å². The Balaban J connectivity index is 1.89. The average molecular weight is 327 g/mol. The Morgan fingerprint density at radius 3 is 2.73 bits per heavy atom. The summed E-state index contributed by atoms with van der Waals surface area (Å²) in [4.78, 5) is 11.8. The Labute approximate surface area is 130 Å². The Morgan fingerprint density at radius 1 is 1.27 bits per heavy atom. The van der Waals surface area contributed by atoms with E-state index < -0.39 is 16.3 Å². The van der Waals surface area contributed by atoms with Crippen LogP contribution >= 0.6 is 0 Å². The van der Waals surface area contributed by atoms with Crippen molar-refractivity contribution in [1.29, 1.82) is 0 Å². The molecule has 1 aromatic heterocycles. The van der Waals surface area contributed by atoms with Crippen LogP contribution in [-0.2, 0) is 15.0 Å². The molecule has 2 aliphatic heterocycles. The summed E-state index contributed by atoms with van der Waals surface area (Å²) in [5, 5.41) is 2.69. The summed E-state index contributed by atoms with van der Waals surface area (Å²) in [7, 11) is -3.69. The van der Waals surface area contributed by atoms with E-state index in [1.54, 1.807) is 6.92 Å². The van der Waals surface area contributed by atoms with Crippen molar-refractivity contribution in [2.45, 2.75) is 38.8 Å². The number of furan rings is 1. The van der Waals surface area contributed by atoms with E-state index in [0.717, 1.165) is 18.6 Å². The van der Waals surface area contributed by atoms with Crippen molar-refractivity contribution in [3.63, 3.8) is 0 Å². The van der Waals surface area contributed by atoms with E-state index in [0.29, 0.717) is 25.4 Å². The fourth-order valence-corrected chi connectivity index (χ4v) is 5.12. The number of carbonyl (C=O) groups excluding carboxylic acids is 1. The predicted octanol–water partition coefficient (Wildman–Crippen LogP) is 0.790. The Kier molecular flexibility index (Phi) is 4.00. The third-order valence-electron chi connectivity index (χ3n) is 4.33. The molecule has 8 heteroatoms. The summed E-state index contributed by atoms with van der Waals surface area (Å²) in [6, 6.07) is 2.71. The first-order valence-corrected chi connectivity index (χ1v) is 8.93. The molecule has 2 atom stereocenters. The van der Waals surface area contributed by atoms with E-state index in [9.17, 15) is 13.2 Å². The highest BCUT2D eigenvalue weighted by atomic mass is 32.2. The van der Waals surface area contributed by atoms with Gasteiger partial charge in [-0.25, -0.2) is 0 Å². The number of piperazine rings is 1. The van der Waals surface area contributed by atoms with Crippen LogP contribution in [0.3, 0.4) is 0 Å². The molecule has 0 aromatic carbocycles. The zero-order valence-corrected chi connectivity index (χ0v) is 13.6. The molecule has 0 aliphatic carbocycles. The van der Waals surface area contributed by atoms with E-state index in [1.807, 2.05) is 19.1 Å². The molecule has 2 unspecified atom stereocenters. The van der Waals surface area contributed by atoms with E-state index >= 15 is 0 Å². The summed E-state index contributed by atoms with van der Waals surface area (Å²) in [6.45, 7) is 4.57. The summed E-state index contributed by atoms with van der Waals surface area (Å²) >= 11 is 0. The molecule has 122 valence electrons. The average Bonchev–Trinajstić information content (AvgIpc) is 3.10. The predicted molar refractivity (Wildman–Crippen MR) is 80.2 cm³/mol. The summed E-state index contributed by atoms with van der Waals surface area (Å²) in [5.74, 6) is 1.19. The smallest absolute Gasteiger partial charge is 0.283 e. The number of hydrogen-bond donors (Lipinski definition) is 1. The highest BCUT2D eigenvalue weighted by molar-refractivity contribution is 7.86. The lowest BCUT2D eigenvalue weighted by molar-refractivity contribution is -0.126. The van der Waals surface area contributed by atoms with Gasteiger partial charge in [-0.3, -0.25) is 4.79 Å². The van der Waals surface area contributed by atoms with Gasteiger partial charge < -0.3 is 9.73 Å². The van der Waals surface area contributed by atoms with Crippen molar-refractivity contribution in [3.05, 3.63) is 23.7 Å². The minimum Gasteiger partial charge on any atom is -0.465 e. The maximum absolute atomic E-state index is 13.0. The molecule has 1 N–H and O–H groups in total. The molecule has 7 nitrogen and oxygen atoms in total. The number of aryl methyl sites for hydroxylation is 1. The number of rotatable bonds is 3. The summed E-state index contributed by atoms with van der Waals surface area (Å²) in [6.07, 6.45) is 1.53. The van der Waals surface area contributed by atoms with Gasteiger partial charge in [-0.15, -0.1) is 0 Å². The third-order valence-corrected chi connectivity index (χ3v) is 6.45. The molecule has 0 saturated carbocycles. The van der Waals surface area contributed by atoms with Gasteiger partial charge in [0.25, 0.3) is 10.2 Å². The van der Waals surface area contributed by atoms with Crippen LogP contribution < -0.4 is 5.32 Å². The first kappa shape index (κ1) is 15.5. The molecule has 3 rings (SSSR count). The summed E-state index contributed by atoms with van der Waals surface area (Å²) < 4.78 is 34.3. The number of amides is 1. The van der Waals surface area contributed by atoms with Crippen molar-refractivity contribution >= 4 is 16.1 Å². The number of nitrogens with zero attached hydrogens (tertiary/aromatic N) is 2. The lowest BCUT2D eigenvalue weighted by atomic mass is 10.2. The Morgan fingerprint density at radius 2 is 2.05 bits per heavy atom. The minimum absolute atomic E-state index is 0.251. The number of nitrogens with one attached hydrogen (secondary N) is 1. The SMILES string of the molecule is Cc1ccc(C2CCCN2S(=O)(=O)N2CCNC(=O)C2C)o1. The van der Waals surface area contributed by atoms with Crippen LogP contribution in [0, 0.1) is 6.92 Å². The van der Waals surface area contributed by atoms with Gasteiger partial charge >= 0.3 is 0 Å². The second-order valence-corrected chi connectivity index (χ2v) is 7.64. The van der Waals surface area contributed by atoms with E-state index in [2.05, 4.69) is 5.32 Å². The van der Waals surface area contributed by atoms with Crippen LogP contribution in [0.25, 0.3) is 0 Å². The molecule has 0 spiro atoms. The quantitative estimate of drug-likeness (QED) is 0.890. The summed E-state index contributed by atoms with van der Waals surface area (Å²) in [5.41, 5.74) is 0. The van der Waals surface area contributed by atoms with Crippen LogP contribution in [0.5, 0.6) is 0 Å². The lowest BCUT2D eigenvalue weighted by Crippen LogP contribution is -2.58. The van der Waals surface area contributed by atoms with Gasteiger partial charge in [0.1, 0.15) is 17.6 Å². The Hall–Kier alpha value is -1.38. The van der Waals surface area contributed by atoms with Gasteiger partial charge in [0, 0.05) is 19.6 Å². The largest absolute Gasteiger partial charge is 0.465 e. The fraction of sp³-hybridized carbons (Fsp3) is 0.643. The second kappa shape index (κ2) is 5.68. The fourth-order valence-electron chi connectivity index (χ4n) is 3.14. The molecule has 0 bridgehead atoms. The standard InChI is InChI=1S/C14H21N3O4S/c1-10-5-6-13(21-10)12-4-3-8-17(12)22(19,20)16-9-7-15-14(18)11(16)2/h5-6,11-12H,3-4,7-9H2,1-2H3,(H,15,18). The minimum atomic E-state index is -3.69. The van der Waals surface area contributed by atoms with E-state index in [1.165, 1.54) is 8.61 Å². The molecule has 22 heavy (non-hydrogen) atoms. The lowest BCUT2D eigenvalue weighted by Gasteiger charge is -2.36. The Bertz CT molecular complexity index is 669. The van der Waals surface area contributed by atoms with Crippen molar-refractivity contribution in [3.8, 4) is 0 Å². The molecular formula is C14H21N3O4S. The van der Waals surface area contributed by atoms with Crippen LogP contribution in [0.2, 0.25) is 0 Å². The van der Waals surface area contributed by atoms with E-state index in [4.69, 9.17) is 4.42 Å². The first-order chi connectivity index (χ1) is 10.4. The van der Waals surface area contributed by atoms with Gasteiger partial charge in [0.05, 0.1) is 6.04 Å².